The van der Waals surface area contributed by atoms with Crippen LogP contribution in [-0.4, -0.2) is 59.4 Å². The summed E-state index contributed by atoms with van der Waals surface area (Å²) in [6, 6.07) is 3.59. The van der Waals surface area contributed by atoms with Crippen LogP contribution in [0.5, 0.6) is 0 Å². The molecule has 2 saturated heterocycles. The van der Waals surface area contributed by atoms with Gasteiger partial charge in [-0.3, -0.25) is 14.5 Å². The lowest BCUT2D eigenvalue weighted by atomic mass is 10.0. The number of hydrogen-bond acceptors (Lipinski definition) is 5. The van der Waals surface area contributed by atoms with E-state index >= 15 is 0 Å². The van der Waals surface area contributed by atoms with E-state index < -0.39 is 11.7 Å². The Bertz CT molecular complexity index is 578. The van der Waals surface area contributed by atoms with E-state index in [1.807, 2.05) is 6.92 Å². The molecule has 22 heavy (non-hydrogen) atoms. The maximum atomic E-state index is 12.2. The predicted molar refractivity (Wildman–Crippen MR) is 80.9 cm³/mol. The molecule has 1 aromatic rings. The van der Waals surface area contributed by atoms with Crippen molar-refractivity contribution in [3.63, 3.8) is 0 Å². The summed E-state index contributed by atoms with van der Waals surface area (Å²) in [6.07, 6.45) is 1.10. The quantitative estimate of drug-likeness (QED) is 0.628. The first kappa shape index (κ1) is 15.0. The molecule has 7 heteroatoms. The minimum atomic E-state index is -0.446. The van der Waals surface area contributed by atoms with E-state index in [0.29, 0.717) is 37.4 Å². The summed E-state index contributed by atoms with van der Waals surface area (Å²) in [5.74, 6) is -0.889. The van der Waals surface area contributed by atoms with E-state index in [0.717, 1.165) is 0 Å². The van der Waals surface area contributed by atoms with Crippen molar-refractivity contribution >= 4 is 29.1 Å². The number of rotatable bonds is 3. The molecule has 3 rings (SSSR count). The Morgan fingerprint density at radius 3 is 2.59 bits per heavy atom. The maximum Gasteiger partial charge on any atom is 0.410 e. The number of ketones is 1. The highest BCUT2D eigenvalue weighted by atomic mass is 32.1. The van der Waals surface area contributed by atoms with Gasteiger partial charge in [-0.15, -0.1) is 11.3 Å². The third kappa shape index (κ3) is 2.72. The van der Waals surface area contributed by atoms with Gasteiger partial charge in [0.05, 0.1) is 10.9 Å². The number of amides is 2. The fraction of sp³-hybridized carbons (Fsp3) is 0.533. The zero-order chi connectivity index (χ0) is 15.7. The molecule has 1 aromatic heterocycles. The number of piperidine rings is 1. The van der Waals surface area contributed by atoms with Gasteiger partial charge in [-0.05, 0) is 31.2 Å². The first-order valence-corrected chi connectivity index (χ1v) is 8.28. The molecule has 0 radical (unpaired) electrons. The first-order chi connectivity index (χ1) is 10.6. The molecular formula is C15H18N2O4S. The summed E-state index contributed by atoms with van der Waals surface area (Å²) in [4.78, 5) is 39.9. The summed E-state index contributed by atoms with van der Waals surface area (Å²) < 4.78 is 5.05. The molecule has 0 N–H and O–H groups in total. The molecule has 0 bridgehead atoms. The highest BCUT2D eigenvalue weighted by molar-refractivity contribution is 7.12. The van der Waals surface area contributed by atoms with Gasteiger partial charge < -0.3 is 9.64 Å². The topological polar surface area (TPSA) is 66.9 Å². The number of Topliss-reactive ketones (excluding diaryl/α,β-unsaturated/α-hetero) is 1. The van der Waals surface area contributed by atoms with Gasteiger partial charge in [0.2, 0.25) is 0 Å². The normalized spacial score (nSPS) is 22.8. The van der Waals surface area contributed by atoms with Crippen LogP contribution in [0, 0.1) is 0 Å². The Kier molecular flexibility index (Phi) is 4.15. The van der Waals surface area contributed by atoms with Crippen molar-refractivity contribution in [1.82, 2.24) is 9.80 Å². The van der Waals surface area contributed by atoms with E-state index in [-0.39, 0.29) is 18.2 Å². The molecule has 1 atom stereocenters. The summed E-state index contributed by atoms with van der Waals surface area (Å²) in [5.41, 5.74) is 0. The summed E-state index contributed by atoms with van der Waals surface area (Å²) in [7, 11) is 0. The molecule has 0 saturated carbocycles. The Hall–Kier alpha value is -1.89. The summed E-state index contributed by atoms with van der Waals surface area (Å²) in [5, 5.41) is 1.78. The molecule has 3 heterocycles. The number of hydrogen-bond donors (Lipinski definition) is 0. The highest BCUT2D eigenvalue weighted by Crippen LogP contribution is 2.24. The van der Waals surface area contributed by atoms with Crippen LogP contribution in [0.2, 0.25) is 0 Å². The average molecular weight is 322 g/mol. The van der Waals surface area contributed by atoms with E-state index in [2.05, 4.69) is 0 Å². The zero-order valence-corrected chi connectivity index (χ0v) is 13.2. The molecule has 118 valence electrons. The van der Waals surface area contributed by atoms with Crippen LogP contribution in [0.25, 0.3) is 0 Å². The minimum absolute atomic E-state index is 0.0764. The van der Waals surface area contributed by atoms with E-state index in [4.69, 9.17) is 4.74 Å². The van der Waals surface area contributed by atoms with Crippen molar-refractivity contribution in [1.29, 1.82) is 0 Å². The molecular weight excluding hydrogens is 304 g/mol. The largest absolute Gasteiger partial charge is 0.447 e. The number of cyclic esters (lactones) is 1. The smallest absolute Gasteiger partial charge is 0.410 e. The van der Waals surface area contributed by atoms with Gasteiger partial charge in [-0.2, -0.15) is 0 Å². The summed E-state index contributed by atoms with van der Waals surface area (Å²) in [6.45, 7) is 3.38. The molecule has 2 fully saturated rings. The van der Waals surface area contributed by atoms with Crippen LogP contribution >= 0.6 is 11.3 Å². The maximum absolute atomic E-state index is 12.2. The van der Waals surface area contributed by atoms with Crippen LogP contribution in [0.15, 0.2) is 17.5 Å². The average Bonchev–Trinajstić information content (AvgIpc) is 3.17. The van der Waals surface area contributed by atoms with Crippen molar-refractivity contribution in [2.45, 2.75) is 31.8 Å². The number of carbonyl (C=O) groups excluding carboxylic acids is 3. The van der Waals surface area contributed by atoms with Gasteiger partial charge in [0.1, 0.15) is 6.61 Å². The number of ether oxygens (including phenoxy) is 1. The molecule has 2 aliphatic rings. The molecule has 1 unspecified atom stereocenters. The number of likely N-dealkylation sites (tertiary alicyclic amines) is 1. The SMILES string of the molecule is CC1COC(=O)N1C1CCN(C(=O)C(=O)c2cccs2)CC1. The molecule has 0 spiro atoms. The van der Waals surface area contributed by atoms with Crippen LogP contribution in [0.3, 0.4) is 0 Å². The number of nitrogens with zero attached hydrogens (tertiary/aromatic N) is 2. The monoisotopic (exact) mass is 322 g/mol. The molecule has 0 aliphatic carbocycles. The fourth-order valence-corrected chi connectivity index (χ4v) is 3.69. The van der Waals surface area contributed by atoms with Crippen molar-refractivity contribution in [3.05, 3.63) is 22.4 Å². The highest BCUT2D eigenvalue weighted by Gasteiger charge is 2.38. The minimum Gasteiger partial charge on any atom is -0.447 e. The van der Waals surface area contributed by atoms with E-state index in [1.165, 1.54) is 11.3 Å². The van der Waals surface area contributed by atoms with Gasteiger partial charge in [-0.25, -0.2) is 4.79 Å². The lowest BCUT2D eigenvalue weighted by Crippen LogP contribution is -2.50. The Balaban J connectivity index is 1.59. The van der Waals surface area contributed by atoms with Crippen LogP contribution in [0.4, 0.5) is 4.79 Å². The lowest BCUT2D eigenvalue weighted by Gasteiger charge is -2.36. The van der Waals surface area contributed by atoms with Crippen molar-refractivity contribution in [2.75, 3.05) is 19.7 Å². The van der Waals surface area contributed by atoms with Gasteiger partial charge in [0, 0.05) is 19.1 Å². The summed E-state index contributed by atoms with van der Waals surface area (Å²) >= 11 is 1.28. The van der Waals surface area contributed by atoms with Crippen LogP contribution in [-0.2, 0) is 9.53 Å². The van der Waals surface area contributed by atoms with Gasteiger partial charge in [0.15, 0.2) is 0 Å². The Morgan fingerprint density at radius 2 is 2.05 bits per heavy atom. The van der Waals surface area contributed by atoms with Crippen LogP contribution < -0.4 is 0 Å². The van der Waals surface area contributed by atoms with Gasteiger partial charge in [-0.1, -0.05) is 6.07 Å². The number of carbonyl (C=O) groups is 3. The first-order valence-electron chi connectivity index (χ1n) is 7.40. The van der Waals surface area contributed by atoms with E-state index in [9.17, 15) is 14.4 Å². The van der Waals surface area contributed by atoms with Gasteiger partial charge >= 0.3 is 6.09 Å². The van der Waals surface area contributed by atoms with Crippen molar-refractivity contribution < 1.29 is 19.1 Å². The van der Waals surface area contributed by atoms with Crippen LogP contribution in [0.1, 0.15) is 29.4 Å². The molecule has 2 aliphatic heterocycles. The molecule has 6 nitrogen and oxygen atoms in total. The second kappa shape index (κ2) is 6.08. The number of thiophene rings is 1. The zero-order valence-electron chi connectivity index (χ0n) is 12.4. The van der Waals surface area contributed by atoms with E-state index in [1.54, 1.807) is 27.3 Å². The Morgan fingerprint density at radius 1 is 1.32 bits per heavy atom. The van der Waals surface area contributed by atoms with Gasteiger partial charge in [0.25, 0.3) is 11.7 Å². The molecule has 0 aromatic carbocycles. The predicted octanol–water partition coefficient (Wildman–Crippen LogP) is 1.76. The lowest BCUT2D eigenvalue weighted by molar-refractivity contribution is -0.127. The second-order valence-electron chi connectivity index (χ2n) is 5.66. The standard InChI is InChI=1S/C15H18N2O4S/c1-10-9-21-15(20)17(10)11-4-6-16(7-5-11)14(19)13(18)12-3-2-8-22-12/h2-3,8,10-11H,4-7,9H2,1H3. The second-order valence-corrected chi connectivity index (χ2v) is 6.61. The molecule has 2 amide bonds. The fourth-order valence-electron chi connectivity index (χ4n) is 3.04. The third-order valence-corrected chi connectivity index (χ3v) is 5.09. The van der Waals surface area contributed by atoms with Crippen molar-refractivity contribution in [2.24, 2.45) is 0 Å². The van der Waals surface area contributed by atoms with Crippen molar-refractivity contribution in [3.8, 4) is 0 Å². The Labute approximate surface area is 132 Å². The third-order valence-electron chi connectivity index (χ3n) is 4.22.